The zero-order chi connectivity index (χ0) is 13.1. The normalized spacial score (nSPS) is 16.6. The number of nitrogens with one attached hydrogen (secondary N) is 1. The third kappa shape index (κ3) is 2.76. The summed E-state index contributed by atoms with van der Waals surface area (Å²) in [7, 11) is 0. The Labute approximate surface area is 103 Å². The zero-order valence-electron chi connectivity index (χ0n) is 9.71. The molecule has 0 aliphatic carbocycles. The van der Waals surface area contributed by atoms with Crippen molar-refractivity contribution in [1.29, 1.82) is 0 Å². The number of halogens is 2. The number of hydrogen-bond acceptors (Lipinski definition) is 3. The van der Waals surface area contributed by atoms with Crippen LogP contribution < -0.4 is 11.1 Å². The lowest BCUT2D eigenvalue weighted by Gasteiger charge is -2.25. The van der Waals surface area contributed by atoms with Crippen LogP contribution in [0.1, 0.15) is 23.2 Å². The summed E-state index contributed by atoms with van der Waals surface area (Å²) in [5, 5.41) is 2.90. The molecule has 1 fully saturated rings. The lowest BCUT2D eigenvalue weighted by atomic mass is 10.1. The first-order valence-electron chi connectivity index (χ1n) is 5.71. The predicted molar refractivity (Wildman–Crippen MR) is 62.3 cm³/mol. The highest BCUT2D eigenvalue weighted by Gasteiger charge is 2.20. The van der Waals surface area contributed by atoms with Crippen molar-refractivity contribution in [3.63, 3.8) is 0 Å². The molecule has 3 N–H and O–H groups in total. The number of anilines is 1. The molecule has 1 heterocycles. The second kappa shape index (κ2) is 5.30. The average Bonchev–Trinajstić information content (AvgIpc) is 2.33. The summed E-state index contributed by atoms with van der Waals surface area (Å²) in [6, 6.07) is 1.66. The number of primary amides is 1. The van der Waals surface area contributed by atoms with Gasteiger partial charge in [0.15, 0.2) is 0 Å². The molecular weight excluding hydrogens is 242 g/mol. The van der Waals surface area contributed by atoms with Crippen LogP contribution in [-0.2, 0) is 4.74 Å². The van der Waals surface area contributed by atoms with Gasteiger partial charge in [0.05, 0.1) is 11.3 Å². The number of hydrogen-bond donors (Lipinski definition) is 2. The molecule has 1 aromatic rings. The fraction of sp³-hybridized carbons (Fsp3) is 0.417. The molecule has 4 nitrogen and oxygen atoms in total. The lowest BCUT2D eigenvalue weighted by Crippen LogP contribution is -2.29. The Balaban J connectivity index is 2.27. The number of amides is 1. The second-order valence-electron chi connectivity index (χ2n) is 4.21. The lowest BCUT2D eigenvalue weighted by molar-refractivity contribution is 0.0903. The Morgan fingerprint density at radius 3 is 2.61 bits per heavy atom. The Bertz CT molecular complexity index is 460. The summed E-state index contributed by atoms with van der Waals surface area (Å²) in [5.74, 6) is -2.49. The Kier molecular flexibility index (Phi) is 3.76. The van der Waals surface area contributed by atoms with Crippen LogP contribution in [-0.4, -0.2) is 25.2 Å². The van der Waals surface area contributed by atoms with Crippen LogP contribution in [0.4, 0.5) is 14.5 Å². The van der Waals surface area contributed by atoms with Crippen LogP contribution in [0.2, 0.25) is 0 Å². The van der Waals surface area contributed by atoms with Gasteiger partial charge < -0.3 is 15.8 Å². The SMILES string of the molecule is NC(=O)c1cc(F)cc(F)c1NC1CCOCC1. The van der Waals surface area contributed by atoms with Gasteiger partial charge in [0.25, 0.3) is 5.91 Å². The predicted octanol–water partition coefficient (Wildman–Crippen LogP) is 1.65. The van der Waals surface area contributed by atoms with E-state index in [-0.39, 0.29) is 17.3 Å². The summed E-state index contributed by atoms with van der Waals surface area (Å²) in [4.78, 5) is 11.2. The maximum Gasteiger partial charge on any atom is 0.251 e. The number of rotatable bonds is 3. The number of carbonyl (C=O) groups is 1. The van der Waals surface area contributed by atoms with E-state index in [1.54, 1.807) is 0 Å². The van der Waals surface area contributed by atoms with Gasteiger partial charge in [-0.05, 0) is 18.9 Å². The first-order valence-corrected chi connectivity index (χ1v) is 5.71. The molecule has 0 radical (unpaired) electrons. The van der Waals surface area contributed by atoms with Crippen molar-refractivity contribution < 1.29 is 18.3 Å². The Morgan fingerprint density at radius 1 is 1.33 bits per heavy atom. The van der Waals surface area contributed by atoms with E-state index in [0.29, 0.717) is 26.1 Å². The second-order valence-corrected chi connectivity index (χ2v) is 4.21. The van der Waals surface area contributed by atoms with Gasteiger partial charge in [-0.1, -0.05) is 0 Å². The van der Waals surface area contributed by atoms with E-state index in [0.717, 1.165) is 12.1 Å². The fourth-order valence-corrected chi connectivity index (χ4v) is 1.96. The van der Waals surface area contributed by atoms with Crippen molar-refractivity contribution in [3.8, 4) is 0 Å². The smallest absolute Gasteiger partial charge is 0.251 e. The van der Waals surface area contributed by atoms with Gasteiger partial charge >= 0.3 is 0 Å². The topological polar surface area (TPSA) is 64.4 Å². The zero-order valence-corrected chi connectivity index (χ0v) is 9.71. The van der Waals surface area contributed by atoms with E-state index in [2.05, 4.69) is 5.32 Å². The number of carbonyl (C=O) groups excluding carboxylic acids is 1. The molecular formula is C12H14F2N2O2. The number of nitrogens with two attached hydrogens (primary N) is 1. The van der Waals surface area contributed by atoms with Crippen molar-refractivity contribution in [2.45, 2.75) is 18.9 Å². The molecule has 0 unspecified atom stereocenters. The van der Waals surface area contributed by atoms with Crippen molar-refractivity contribution in [2.75, 3.05) is 18.5 Å². The Morgan fingerprint density at radius 2 is 2.00 bits per heavy atom. The molecule has 0 aromatic heterocycles. The van der Waals surface area contributed by atoms with Crippen molar-refractivity contribution in [2.24, 2.45) is 5.73 Å². The number of benzene rings is 1. The molecule has 1 aliphatic heterocycles. The highest BCUT2D eigenvalue weighted by Crippen LogP contribution is 2.24. The molecule has 1 saturated heterocycles. The van der Waals surface area contributed by atoms with E-state index >= 15 is 0 Å². The monoisotopic (exact) mass is 256 g/mol. The minimum Gasteiger partial charge on any atom is -0.381 e. The standard InChI is InChI=1S/C12H14F2N2O2/c13-7-5-9(12(15)17)11(10(14)6-7)16-8-1-3-18-4-2-8/h5-6,8,16H,1-4H2,(H2,15,17). The van der Waals surface area contributed by atoms with Gasteiger partial charge in [-0.25, -0.2) is 8.78 Å². The first kappa shape index (κ1) is 12.8. The molecule has 18 heavy (non-hydrogen) atoms. The van der Waals surface area contributed by atoms with Gasteiger partial charge in [-0.15, -0.1) is 0 Å². The molecule has 98 valence electrons. The summed E-state index contributed by atoms with van der Waals surface area (Å²) in [6.45, 7) is 1.15. The fourth-order valence-electron chi connectivity index (χ4n) is 1.96. The average molecular weight is 256 g/mol. The van der Waals surface area contributed by atoms with Crippen LogP contribution in [0.3, 0.4) is 0 Å². The summed E-state index contributed by atoms with van der Waals surface area (Å²) in [6.07, 6.45) is 1.41. The third-order valence-corrected chi connectivity index (χ3v) is 2.89. The molecule has 0 atom stereocenters. The molecule has 0 bridgehead atoms. The van der Waals surface area contributed by atoms with Gasteiger partial charge in [-0.2, -0.15) is 0 Å². The molecule has 0 spiro atoms. The molecule has 0 saturated carbocycles. The largest absolute Gasteiger partial charge is 0.381 e. The first-order chi connectivity index (χ1) is 8.58. The third-order valence-electron chi connectivity index (χ3n) is 2.89. The quantitative estimate of drug-likeness (QED) is 0.864. The maximum atomic E-state index is 13.7. The maximum absolute atomic E-state index is 13.7. The van der Waals surface area contributed by atoms with Gasteiger partial charge in [0, 0.05) is 25.3 Å². The highest BCUT2D eigenvalue weighted by atomic mass is 19.1. The van der Waals surface area contributed by atoms with E-state index in [4.69, 9.17) is 10.5 Å². The number of ether oxygens (including phenoxy) is 1. The minimum absolute atomic E-state index is 0.00295. The molecule has 2 rings (SSSR count). The van der Waals surface area contributed by atoms with Crippen molar-refractivity contribution in [3.05, 3.63) is 29.3 Å². The van der Waals surface area contributed by atoms with Gasteiger partial charge in [-0.3, -0.25) is 4.79 Å². The van der Waals surface area contributed by atoms with E-state index < -0.39 is 17.5 Å². The van der Waals surface area contributed by atoms with Crippen LogP contribution >= 0.6 is 0 Å². The minimum atomic E-state index is -0.858. The highest BCUT2D eigenvalue weighted by molar-refractivity contribution is 5.98. The Hall–Kier alpha value is -1.69. The van der Waals surface area contributed by atoms with E-state index in [9.17, 15) is 13.6 Å². The molecule has 1 aliphatic rings. The van der Waals surface area contributed by atoms with Crippen molar-refractivity contribution >= 4 is 11.6 Å². The van der Waals surface area contributed by atoms with Crippen LogP contribution in [0.15, 0.2) is 12.1 Å². The van der Waals surface area contributed by atoms with Crippen molar-refractivity contribution in [1.82, 2.24) is 0 Å². The van der Waals surface area contributed by atoms with Crippen LogP contribution in [0, 0.1) is 11.6 Å². The summed E-state index contributed by atoms with van der Waals surface area (Å²) in [5.41, 5.74) is 4.92. The summed E-state index contributed by atoms with van der Waals surface area (Å²) >= 11 is 0. The van der Waals surface area contributed by atoms with Gasteiger partial charge in [0.2, 0.25) is 0 Å². The van der Waals surface area contributed by atoms with Crippen LogP contribution in [0.5, 0.6) is 0 Å². The van der Waals surface area contributed by atoms with E-state index in [1.807, 2.05) is 0 Å². The van der Waals surface area contributed by atoms with Crippen LogP contribution in [0.25, 0.3) is 0 Å². The molecule has 6 heteroatoms. The summed E-state index contributed by atoms with van der Waals surface area (Å²) < 4.78 is 31.9. The van der Waals surface area contributed by atoms with E-state index in [1.165, 1.54) is 0 Å². The molecule has 1 aromatic carbocycles. The van der Waals surface area contributed by atoms with Gasteiger partial charge in [0.1, 0.15) is 11.6 Å². The molecule has 1 amide bonds.